The predicted octanol–water partition coefficient (Wildman–Crippen LogP) is -0.340. The molecule has 0 spiro atoms. The van der Waals surface area contributed by atoms with Gasteiger partial charge in [0.05, 0.1) is 0 Å². The number of rotatable bonds is 3. The molecule has 0 bridgehead atoms. The van der Waals surface area contributed by atoms with Gasteiger partial charge in [-0.05, 0) is 13.8 Å². The second-order valence-electron chi connectivity index (χ2n) is 4.75. The molecule has 0 amide bonds. The molecule has 8 nitrogen and oxygen atoms in total. The summed E-state index contributed by atoms with van der Waals surface area (Å²) in [5, 5.41) is 2.97. The molecule has 2 aromatic heterocycles. The first-order valence-corrected chi connectivity index (χ1v) is 6.06. The quantitative estimate of drug-likeness (QED) is 0.771. The number of nitrogens with zero attached hydrogens (tertiary/aromatic N) is 4. The smallest absolute Gasteiger partial charge is 0.332 e. The van der Waals surface area contributed by atoms with E-state index in [9.17, 15) is 14.4 Å². The fraction of sp³-hybridized carbons (Fsp3) is 0.417. The molecule has 20 heavy (non-hydrogen) atoms. The predicted molar refractivity (Wildman–Crippen MR) is 74.2 cm³/mol. The Morgan fingerprint density at radius 1 is 1.15 bits per heavy atom. The zero-order valence-corrected chi connectivity index (χ0v) is 11.7. The number of carbonyl (C=O) groups excluding carboxylic acids is 1. The van der Waals surface area contributed by atoms with Crippen molar-refractivity contribution in [3.05, 3.63) is 26.5 Å². The molecule has 0 atom stereocenters. The molecule has 1 N–H and O–H groups in total. The van der Waals surface area contributed by atoms with Crippen molar-refractivity contribution in [1.29, 1.82) is 0 Å². The van der Waals surface area contributed by atoms with Crippen molar-refractivity contribution in [2.24, 2.45) is 14.1 Å². The molecule has 2 rings (SSSR count). The Balaban J connectivity index is 2.92. The number of nitrogens with one attached hydrogen (secondary N) is 1. The van der Waals surface area contributed by atoms with Crippen LogP contribution in [0.1, 0.15) is 24.3 Å². The zero-order valence-electron chi connectivity index (χ0n) is 11.7. The number of anilines is 1. The summed E-state index contributed by atoms with van der Waals surface area (Å²) < 4.78 is 2.16. The third-order valence-corrected chi connectivity index (χ3v) is 2.84. The van der Waals surface area contributed by atoms with Gasteiger partial charge in [0.25, 0.3) is 5.56 Å². The van der Waals surface area contributed by atoms with Crippen LogP contribution >= 0.6 is 0 Å². The van der Waals surface area contributed by atoms with Crippen molar-refractivity contribution in [1.82, 2.24) is 19.1 Å². The average Bonchev–Trinajstić information content (AvgIpc) is 2.41. The maximum atomic E-state index is 12.0. The fourth-order valence-electron chi connectivity index (χ4n) is 1.84. The molecule has 2 heterocycles. The van der Waals surface area contributed by atoms with Crippen LogP contribution in [-0.4, -0.2) is 31.4 Å². The van der Waals surface area contributed by atoms with Crippen molar-refractivity contribution >= 4 is 23.3 Å². The van der Waals surface area contributed by atoms with E-state index in [0.717, 1.165) is 4.57 Å². The first kappa shape index (κ1) is 13.9. The van der Waals surface area contributed by atoms with Crippen molar-refractivity contribution in [3.63, 3.8) is 0 Å². The van der Waals surface area contributed by atoms with Crippen LogP contribution in [0.25, 0.3) is 11.2 Å². The first-order chi connectivity index (χ1) is 9.36. The minimum Gasteiger partial charge on any atom is -0.366 e. The minimum atomic E-state index is -0.574. The Kier molecular flexibility index (Phi) is 3.39. The standard InChI is InChI=1S/C12H15N5O3/c1-6(2)13-9-7(5-18)14-8-10(15-9)16(3)12(20)17(4)11(8)19/h5-6H,1-4H3,(H,13,15). The summed E-state index contributed by atoms with van der Waals surface area (Å²) in [6, 6.07) is 0.0315. The Hall–Kier alpha value is -2.51. The summed E-state index contributed by atoms with van der Waals surface area (Å²) in [4.78, 5) is 43.2. The maximum absolute atomic E-state index is 12.0. The molecule has 0 aliphatic rings. The Labute approximate surface area is 114 Å². The van der Waals surface area contributed by atoms with E-state index < -0.39 is 11.2 Å². The third kappa shape index (κ3) is 2.09. The van der Waals surface area contributed by atoms with Crippen LogP contribution in [0, 0.1) is 0 Å². The number of aldehydes is 1. The molecular formula is C12H15N5O3. The Bertz CT molecular complexity index is 803. The van der Waals surface area contributed by atoms with Gasteiger partial charge < -0.3 is 5.32 Å². The molecule has 0 saturated carbocycles. The molecule has 0 unspecified atom stereocenters. The van der Waals surface area contributed by atoms with Crippen LogP contribution in [-0.2, 0) is 14.1 Å². The Morgan fingerprint density at radius 3 is 2.35 bits per heavy atom. The SMILES string of the molecule is CC(C)Nc1nc2c(nc1C=O)c(=O)n(C)c(=O)n2C. The number of hydrogen-bond donors (Lipinski definition) is 1. The van der Waals surface area contributed by atoms with Crippen molar-refractivity contribution in [3.8, 4) is 0 Å². The van der Waals surface area contributed by atoms with Gasteiger partial charge in [-0.2, -0.15) is 0 Å². The van der Waals surface area contributed by atoms with E-state index in [-0.39, 0.29) is 28.7 Å². The van der Waals surface area contributed by atoms with Crippen LogP contribution in [0.15, 0.2) is 9.59 Å². The highest BCUT2D eigenvalue weighted by Crippen LogP contribution is 2.13. The molecule has 0 aromatic carbocycles. The number of aryl methyl sites for hydroxylation is 1. The fourth-order valence-corrected chi connectivity index (χ4v) is 1.84. The van der Waals surface area contributed by atoms with Crippen LogP contribution in [0.2, 0.25) is 0 Å². The second kappa shape index (κ2) is 4.87. The van der Waals surface area contributed by atoms with Crippen LogP contribution in [0.5, 0.6) is 0 Å². The van der Waals surface area contributed by atoms with Gasteiger partial charge in [-0.3, -0.25) is 18.7 Å². The molecule has 8 heteroatoms. The monoisotopic (exact) mass is 277 g/mol. The normalized spacial score (nSPS) is 11.1. The number of fused-ring (bicyclic) bond motifs is 1. The second-order valence-corrected chi connectivity index (χ2v) is 4.75. The molecule has 0 radical (unpaired) electrons. The topological polar surface area (TPSA) is 98.9 Å². The van der Waals surface area contributed by atoms with E-state index >= 15 is 0 Å². The summed E-state index contributed by atoms with van der Waals surface area (Å²) >= 11 is 0. The van der Waals surface area contributed by atoms with Crippen LogP contribution in [0.3, 0.4) is 0 Å². The van der Waals surface area contributed by atoms with Crippen molar-refractivity contribution in [2.45, 2.75) is 19.9 Å². The van der Waals surface area contributed by atoms with E-state index in [2.05, 4.69) is 15.3 Å². The summed E-state index contributed by atoms with van der Waals surface area (Å²) in [6.45, 7) is 3.76. The highest BCUT2D eigenvalue weighted by molar-refractivity contribution is 5.84. The summed E-state index contributed by atoms with van der Waals surface area (Å²) in [5.74, 6) is 0.255. The summed E-state index contributed by atoms with van der Waals surface area (Å²) in [6.07, 6.45) is 0.529. The lowest BCUT2D eigenvalue weighted by molar-refractivity contribution is 0.112. The summed E-state index contributed by atoms with van der Waals surface area (Å²) in [5.41, 5.74) is -0.888. The molecule has 0 fully saturated rings. The molecule has 0 saturated heterocycles. The number of carbonyl (C=O) groups is 1. The molecular weight excluding hydrogens is 262 g/mol. The molecule has 2 aromatic rings. The van der Waals surface area contributed by atoms with E-state index in [1.54, 1.807) is 0 Å². The van der Waals surface area contributed by atoms with Gasteiger partial charge in [-0.15, -0.1) is 0 Å². The third-order valence-electron chi connectivity index (χ3n) is 2.84. The van der Waals surface area contributed by atoms with Crippen molar-refractivity contribution < 1.29 is 4.79 Å². The van der Waals surface area contributed by atoms with Gasteiger partial charge in [-0.1, -0.05) is 0 Å². The van der Waals surface area contributed by atoms with Gasteiger partial charge in [0, 0.05) is 20.1 Å². The first-order valence-electron chi connectivity index (χ1n) is 6.06. The van der Waals surface area contributed by atoms with Gasteiger partial charge in [0.15, 0.2) is 23.3 Å². The van der Waals surface area contributed by atoms with E-state index in [1.165, 1.54) is 18.7 Å². The number of aromatic nitrogens is 4. The lowest BCUT2D eigenvalue weighted by Crippen LogP contribution is -2.38. The van der Waals surface area contributed by atoms with Gasteiger partial charge in [-0.25, -0.2) is 14.8 Å². The minimum absolute atomic E-state index is 0.00833. The van der Waals surface area contributed by atoms with Gasteiger partial charge >= 0.3 is 5.69 Å². The molecule has 0 aliphatic carbocycles. The van der Waals surface area contributed by atoms with Crippen LogP contribution < -0.4 is 16.6 Å². The van der Waals surface area contributed by atoms with E-state index in [0.29, 0.717) is 6.29 Å². The highest BCUT2D eigenvalue weighted by Gasteiger charge is 2.15. The van der Waals surface area contributed by atoms with E-state index in [1.807, 2.05) is 13.8 Å². The maximum Gasteiger partial charge on any atom is 0.332 e. The highest BCUT2D eigenvalue weighted by atomic mass is 16.2. The largest absolute Gasteiger partial charge is 0.366 e. The number of hydrogen-bond acceptors (Lipinski definition) is 6. The van der Waals surface area contributed by atoms with Crippen molar-refractivity contribution in [2.75, 3.05) is 5.32 Å². The molecule has 0 aliphatic heterocycles. The lowest BCUT2D eigenvalue weighted by Gasteiger charge is -2.12. The Morgan fingerprint density at radius 2 is 1.80 bits per heavy atom. The molecule has 106 valence electrons. The summed E-state index contributed by atoms with van der Waals surface area (Å²) in [7, 11) is 2.85. The zero-order chi connectivity index (χ0) is 15.0. The average molecular weight is 277 g/mol. The van der Waals surface area contributed by atoms with Gasteiger partial charge in [0.1, 0.15) is 5.69 Å². The van der Waals surface area contributed by atoms with E-state index in [4.69, 9.17) is 0 Å². The lowest BCUT2D eigenvalue weighted by atomic mass is 10.3. The van der Waals surface area contributed by atoms with Gasteiger partial charge in [0.2, 0.25) is 0 Å². The van der Waals surface area contributed by atoms with Crippen LogP contribution in [0.4, 0.5) is 5.82 Å².